The minimum Gasteiger partial charge on any atom is -0.497 e. The van der Waals surface area contributed by atoms with Gasteiger partial charge in [0.2, 0.25) is 15.9 Å². The number of sulfonamides is 1. The summed E-state index contributed by atoms with van der Waals surface area (Å²) in [5.41, 5.74) is 2.00. The highest BCUT2D eigenvalue weighted by Crippen LogP contribution is 2.35. The Morgan fingerprint density at radius 2 is 1.88 bits per heavy atom. The summed E-state index contributed by atoms with van der Waals surface area (Å²) in [4.78, 5) is 13.1. The van der Waals surface area contributed by atoms with Crippen molar-refractivity contribution in [1.29, 1.82) is 0 Å². The monoisotopic (exact) mass is 488 g/mol. The Balaban J connectivity index is 1.35. The first-order valence-electron chi connectivity index (χ1n) is 11.7. The van der Waals surface area contributed by atoms with E-state index >= 15 is 0 Å². The van der Waals surface area contributed by atoms with Gasteiger partial charge in [0.25, 0.3) is 0 Å². The Bertz CT molecular complexity index is 1120. The van der Waals surface area contributed by atoms with Crippen molar-refractivity contribution in [2.45, 2.75) is 50.7 Å². The molecule has 34 heavy (non-hydrogen) atoms. The molecule has 0 aliphatic carbocycles. The van der Waals surface area contributed by atoms with Gasteiger partial charge in [-0.3, -0.25) is 4.79 Å². The molecule has 0 radical (unpaired) electrons. The summed E-state index contributed by atoms with van der Waals surface area (Å²) < 4.78 is 44.1. The molecule has 0 bridgehead atoms. The van der Waals surface area contributed by atoms with E-state index in [9.17, 15) is 13.2 Å². The second-order valence-electron chi connectivity index (χ2n) is 8.70. The van der Waals surface area contributed by atoms with Crippen LogP contribution in [0.15, 0.2) is 41.3 Å². The molecule has 1 N–H and O–H groups in total. The fourth-order valence-electron chi connectivity index (χ4n) is 4.49. The molecule has 2 aromatic rings. The molecule has 8 nitrogen and oxygen atoms in total. The van der Waals surface area contributed by atoms with Gasteiger partial charge in [0.15, 0.2) is 0 Å². The molecular formula is C25H32N2O6S. The topological polar surface area (TPSA) is 94.2 Å². The van der Waals surface area contributed by atoms with E-state index in [1.807, 2.05) is 26.0 Å². The van der Waals surface area contributed by atoms with Gasteiger partial charge in [-0.1, -0.05) is 0 Å². The van der Waals surface area contributed by atoms with Crippen molar-refractivity contribution in [3.8, 4) is 17.2 Å². The molecule has 2 aliphatic heterocycles. The first-order valence-corrected chi connectivity index (χ1v) is 13.1. The molecule has 9 heteroatoms. The molecule has 1 atom stereocenters. The number of carbonyl (C=O) groups is 1. The van der Waals surface area contributed by atoms with E-state index in [2.05, 4.69) is 5.32 Å². The molecule has 1 saturated heterocycles. The predicted octanol–water partition coefficient (Wildman–Crippen LogP) is 3.13. The SMILES string of the molecule is CCOc1cc2c(cc1CNC(=O)C1CCN(S(=O)(=O)c3ccc(OC)cc3)CC1)OC(C)C2. The second-order valence-corrected chi connectivity index (χ2v) is 10.6. The van der Waals surface area contributed by atoms with Gasteiger partial charge in [0.05, 0.1) is 18.6 Å². The summed E-state index contributed by atoms with van der Waals surface area (Å²) in [6.07, 6.45) is 1.93. The van der Waals surface area contributed by atoms with Crippen molar-refractivity contribution in [1.82, 2.24) is 9.62 Å². The van der Waals surface area contributed by atoms with Crippen LogP contribution in [-0.4, -0.2) is 51.5 Å². The van der Waals surface area contributed by atoms with Crippen LogP contribution in [0.1, 0.15) is 37.8 Å². The lowest BCUT2D eigenvalue weighted by Crippen LogP contribution is -2.42. The van der Waals surface area contributed by atoms with Gasteiger partial charge in [-0.05, 0) is 63.1 Å². The van der Waals surface area contributed by atoms with Crippen LogP contribution >= 0.6 is 0 Å². The van der Waals surface area contributed by atoms with E-state index in [-0.39, 0.29) is 22.8 Å². The second kappa shape index (κ2) is 10.2. The molecule has 2 heterocycles. The third-order valence-corrected chi connectivity index (χ3v) is 8.27. The summed E-state index contributed by atoms with van der Waals surface area (Å²) in [6.45, 7) is 5.45. The van der Waals surface area contributed by atoms with Gasteiger partial charge in [0.1, 0.15) is 23.4 Å². The maximum absolute atomic E-state index is 12.9. The summed E-state index contributed by atoms with van der Waals surface area (Å²) in [5.74, 6) is 1.91. The molecule has 1 fully saturated rings. The molecule has 0 aromatic heterocycles. The van der Waals surface area contributed by atoms with Crippen molar-refractivity contribution in [3.63, 3.8) is 0 Å². The summed E-state index contributed by atoms with van der Waals surface area (Å²) >= 11 is 0. The highest BCUT2D eigenvalue weighted by atomic mass is 32.2. The van der Waals surface area contributed by atoms with Crippen LogP contribution in [0.25, 0.3) is 0 Å². The van der Waals surface area contributed by atoms with Gasteiger partial charge < -0.3 is 19.5 Å². The summed E-state index contributed by atoms with van der Waals surface area (Å²) in [6, 6.07) is 10.3. The Labute approximate surface area is 201 Å². The summed E-state index contributed by atoms with van der Waals surface area (Å²) in [5, 5.41) is 3.01. The largest absolute Gasteiger partial charge is 0.497 e. The van der Waals surface area contributed by atoms with Crippen LogP contribution in [0.4, 0.5) is 0 Å². The number of ether oxygens (including phenoxy) is 3. The minimum absolute atomic E-state index is 0.0706. The third kappa shape index (κ3) is 5.15. The molecular weight excluding hydrogens is 456 g/mol. The number of hydrogen-bond acceptors (Lipinski definition) is 6. The van der Waals surface area contributed by atoms with Crippen LogP contribution in [0, 0.1) is 5.92 Å². The van der Waals surface area contributed by atoms with Crippen LogP contribution < -0.4 is 19.5 Å². The zero-order valence-corrected chi connectivity index (χ0v) is 20.7. The van der Waals surface area contributed by atoms with E-state index in [0.29, 0.717) is 44.8 Å². The summed E-state index contributed by atoms with van der Waals surface area (Å²) in [7, 11) is -2.06. The number of carbonyl (C=O) groups excluding carboxylic acids is 1. The fraction of sp³-hybridized carbons (Fsp3) is 0.480. The maximum atomic E-state index is 12.9. The number of piperidine rings is 1. The number of methoxy groups -OCH3 is 1. The number of nitrogens with zero attached hydrogens (tertiary/aromatic N) is 1. The highest BCUT2D eigenvalue weighted by Gasteiger charge is 2.32. The van der Waals surface area contributed by atoms with E-state index in [1.165, 1.54) is 11.4 Å². The molecule has 4 rings (SSSR count). The third-order valence-electron chi connectivity index (χ3n) is 6.35. The van der Waals surface area contributed by atoms with Gasteiger partial charge in [-0.2, -0.15) is 4.31 Å². The number of benzene rings is 2. The molecule has 2 aromatic carbocycles. The van der Waals surface area contributed by atoms with Gasteiger partial charge in [0, 0.05) is 43.1 Å². The number of fused-ring (bicyclic) bond motifs is 1. The van der Waals surface area contributed by atoms with Gasteiger partial charge in [-0.15, -0.1) is 0 Å². The highest BCUT2D eigenvalue weighted by molar-refractivity contribution is 7.89. The Kier molecular flexibility index (Phi) is 7.33. The van der Waals surface area contributed by atoms with Crippen LogP contribution in [0.2, 0.25) is 0 Å². The predicted molar refractivity (Wildman–Crippen MR) is 128 cm³/mol. The van der Waals surface area contributed by atoms with Crippen LogP contribution in [0.3, 0.4) is 0 Å². The smallest absolute Gasteiger partial charge is 0.243 e. The van der Waals surface area contributed by atoms with E-state index < -0.39 is 10.0 Å². The molecule has 2 aliphatic rings. The Morgan fingerprint density at radius 1 is 1.18 bits per heavy atom. The lowest BCUT2D eigenvalue weighted by molar-refractivity contribution is -0.126. The maximum Gasteiger partial charge on any atom is 0.243 e. The fourth-order valence-corrected chi connectivity index (χ4v) is 5.96. The van der Waals surface area contributed by atoms with E-state index in [1.54, 1.807) is 24.3 Å². The quantitative estimate of drug-likeness (QED) is 0.614. The number of nitrogens with one attached hydrogen (secondary N) is 1. The van der Waals surface area contributed by atoms with Crippen LogP contribution in [0.5, 0.6) is 17.2 Å². The standard InChI is InChI=1S/C25H32N2O6S/c1-4-32-23-14-19-13-17(2)33-24(19)15-20(23)16-26-25(28)18-9-11-27(12-10-18)34(29,30)22-7-5-21(31-3)6-8-22/h5-8,14-15,17-18H,4,9-13,16H2,1-3H3,(H,26,28). The molecule has 1 unspecified atom stereocenters. The zero-order valence-electron chi connectivity index (χ0n) is 19.9. The van der Waals surface area contributed by atoms with E-state index in [0.717, 1.165) is 29.0 Å². The number of rotatable bonds is 8. The minimum atomic E-state index is -3.60. The van der Waals surface area contributed by atoms with Crippen LogP contribution in [-0.2, 0) is 27.8 Å². The lowest BCUT2D eigenvalue weighted by Gasteiger charge is -2.30. The van der Waals surface area contributed by atoms with Crippen molar-refractivity contribution >= 4 is 15.9 Å². The Morgan fingerprint density at radius 3 is 2.53 bits per heavy atom. The molecule has 0 spiro atoms. The molecule has 0 saturated carbocycles. The van der Waals surface area contributed by atoms with E-state index in [4.69, 9.17) is 14.2 Å². The van der Waals surface area contributed by atoms with Crippen molar-refractivity contribution in [2.24, 2.45) is 5.92 Å². The Hall–Kier alpha value is -2.78. The van der Waals surface area contributed by atoms with Gasteiger partial charge >= 0.3 is 0 Å². The molecule has 1 amide bonds. The lowest BCUT2D eigenvalue weighted by atomic mass is 9.97. The number of hydrogen-bond donors (Lipinski definition) is 1. The number of amides is 1. The normalized spacial score (nSPS) is 18.7. The average Bonchev–Trinajstić information content (AvgIpc) is 3.21. The first-order chi connectivity index (χ1) is 16.3. The van der Waals surface area contributed by atoms with Crippen molar-refractivity contribution in [2.75, 3.05) is 26.8 Å². The average molecular weight is 489 g/mol. The van der Waals surface area contributed by atoms with Crippen molar-refractivity contribution in [3.05, 3.63) is 47.5 Å². The van der Waals surface area contributed by atoms with Gasteiger partial charge in [-0.25, -0.2) is 8.42 Å². The zero-order chi connectivity index (χ0) is 24.3. The first kappa shape index (κ1) is 24.3. The molecule has 184 valence electrons. The van der Waals surface area contributed by atoms with Crippen molar-refractivity contribution < 1.29 is 27.4 Å².